The molecule has 0 aliphatic carbocycles. The number of carbonyl (C=O) groups is 2. The molecule has 0 bridgehead atoms. The quantitative estimate of drug-likeness (QED) is 0.527. The van der Waals surface area contributed by atoms with Gasteiger partial charge in [-0.2, -0.15) is 0 Å². The van der Waals surface area contributed by atoms with Crippen LogP contribution in [0.1, 0.15) is 16.7 Å². The van der Waals surface area contributed by atoms with Crippen LogP contribution in [-0.2, 0) is 25.6 Å². The van der Waals surface area contributed by atoms with Crippen LogP contribution in [0.3, 0.4) is 0 Å². The monoisotopic (exact) mass is 442 g/mol. The highest BCUT2D eigenvalue weighted by atomic mass is 35.5. The van der Waals surface area contributed by atoms with Crippen LogP contribution in [0.25, 0.3) is 5.57 Å². The second kappa shape index (κ2) is 10.6. The van der Waals surface area contributed by atoms with E-state index in [1.54, 1.807) is 20.3 Å². The van der Waals surface area contributed by atoms with Gasteiger partial charge in [-0.05, 0) is 24.1 Å². The van der Waals surface area contributed by atoms with Gasteiger partial charge < -0.3 is 14.4 Å². The van der Waals surface area contributed by atoms with Crippen molar-refractivity contribution in [3.63, 3.8) is 0 Å². The van der Waals surface area contributed by atoms with E-state index in [0.717, 1.165) is 11.1 Å². The molecular formula is C24H27ClN2O4. The Morgan fingerprint density at radius 3 is 2.10 bits per heavy atom. The van der Waals surface area contributed by atoms with Crippen LogP contribution in [0.2, 0.25) is 5.02 Å². The zero-order chi connectivity index (χ0) is 22.4. The molecule has 31 heavy (non-hydrogen) atoms. The van der Waals surface area contributed by atoms with Crippen molar-refractivity contribution >= 4 is 29.0 Å². The van der Waals surface area contributed by atoms with Gasteiger partial charge in [0.1, 0.15) is 5.70 Å². The Morgan fingerprint density at radius 2 is 1.52 bits per heavy atom. The van der Waals surface area contributed by atoms with Gasteiger partial charge >= 0.3 is 0 Å². The summed E-state index contributed by atoms with van der Waals surface area (Å²) in [5.74, 6) is -0.670. The number of hydrogen-bond donors (Lipinski definition) is 0. The lowest BCUT2D eigenvalue weighted by molar-refractivity contribution is -0.138. The van der Waals surface area contributed by atoms with Crippen molar-refractivity contribution in [1.29, 1.82) is 0 Å². The molecule has 0 aromatic heterocycles. The van der Waals surface area contributed by atoms with E-state index in [1.807, 2.05) is 54.3 Å². The molecule has 6 nitrogen and oxygen atoms in total. The summed E-state index contributed by atoms with van der Waals surface area (Å²) in [6, 6.07) is 14.8. The fourth-order valence-corrected chi connectivity index (χ4v) is 3.71. The molecule has 1 aliphatic heterocycles. The van der Waals surface area contributed by atoms with Gasteiger partial charge in [-0.1, -0.05) is 59.6 Å². The largest absolute Gasteiger partial charge is 0.383 e. The van der Waals surface area contributed by atoms with Crippen LogP contribution in [0.15, 0.2) is 54.2 Å². The number of nitrogens with zero attached hydrogens (tertiary/aromatic N) is 2. The summed E-state index contributed by atoms with van der Waals surface area (Å²) in [6.45, 7) is 3.85. The number of methoxy groups -OCH3 is 2. The molecule has 0 atom stereocenters. The molecule has 1 heterocycles. The second-order valence-electron chi connectivity index (χ2n) is 7.35. The van der Waals surface area contributed by atoms with Crippen molar-refractivity contribution in [2.45, 2.75) is 13.5 Å². The molecule has 0 spiro atoms. The topological polar surface area (TPSA) is 59.1 Å². The molecule has 164 valence electrons. The second-order valence-corrected chi connectivity index (χ2v) is 7.76. The van der Waals surface area contributed by atoms with Gasteiger partial charge in [-0.15, -0.1) is 0 Å². The Kier molecular flexibility index (Phi) is 7.85. The molecule has 0 fully saturated rings. The first kappa shape index (κ1) is 23.0. The maximum Gasteiger partial charge on any atom is 0.278 e. The zero-order valence-electron chi connectivity index (χ0n) is 18.1. The highest BCUT2D eigenvalue weighted by molar-refractivity contribution is 6.35. The summed E-state index contributed by atoms with van der Waals surface area (Å²) in [6.07, 6.45) is 0. The van der Waals surface area contributed by atoms with Gasteiger partial charge in [-0.25, -0.2) is 0 Å². The first-order valence-electron chi connectivity index (χ1n) is 10.1. The third kappa shape index (κ3) is 5.15. The minimum absolute atomic E-state index is 0.110. The normalized spacial score (nSPS) is 14.0. The van der Waals surface area contributed by atoms with Crippen LogP contribution >= 0.6 is 11.6 Å². The number of benzene rings is 2. The number of aryl methyl sites for hydroxylation is 1. The van der Waals surface area contributed by atoms with Crippen LogP contribution in [-0.4, -0.2) is 62.1 Å². The standard InChI is InChI=1S/C24H27ClN2O4/c1-17-8-10-18(11-9-17)21-22(26(12-14-30-2)13-15-31-3)24(29)27(23(21)28)16-19-6-4-5-7-20(19)25/h4-11H,12-16H2,1-3H3. The van der Waals surface area contributed by atoms with E-state index in [-0.39, 0.29) is 18.4 Å². The van der Waals surface area contributed by atoms with Crippen LogP contribution < -0.4 is 0 Å². The number of hydrogen-bond acceptors (Lipinski definition) is 5. The lowest BCUT2D eigenvalue weighted by atomic mass is 10.0. The Morgan fingerprint density at radius 1 is 0.903 bits per heavy atom. The van der Waals surface area contributed by atoms with Gasteiger partial charge in [-0.3, -0.25) is 14.5 Å². The molecule has 1 aliphatic rings. The summed E-state index contributed by atoms with van der Waals surface area (Å²) < 4.78 is 10.5. The van der Waals surface area contributed by atoms with Crippen LogP contribution in [0, 0.1) is 6.92 Å². The Balaban J connectivity index is 2.05. The number of amides is 2. The van der Waals surface area contributed by atoms with Gasteiger partial charge in [0.2, 0.25) is 0 Å². The maximum atomic E-state index is 13.5. The third-order valence-corrected chi connectivity index (χ3v) is 5.59. The summed E-state index contributed by atoms with van der Waals surface area (Å²) in [4.78, 5) is 30.2. The average molecular weight is 443 g/mol. The summed E-state index contributed by atoms with van der Waals surface area (Å²) in [5.41, 5.74) is 3.27. The lowest BCUT2D eigenvalue weighted by Gasteiger charge is -2.25. The molecule has 2 amide bonds. The minimum Gasteiger partial charge on any atom is -0.383 e. The molecule has 2 aromatic carbocycles. The highest BCUT2D eigenvalue weighted by Gasteiger charge is 2.41. The molecule has 0 radical (unpaired) electrons. The van der Waals surface area contributed by atoms with Crippen molar-refractivity contribution in [2.24, 2.45) is 0 Å². The molecule has 2 aromatic rings. The van der Waals surface area contributed by atoms with E-state index >= 15 is 0 Å². The molecular weight excluding hydrogens is 416 g/mol. The predicted octanol–water partition coefficient (Wildman–Crippen LogP) is 3.52. The van der Waals surface area contributed by atoms with E-state index in [0.29, 0.717) is 48.2 Å². The van der Waals surface area contributed by atoms with Crippen molar-refractivity contribution in [2.75, 3.05) is 40.5 Å². The number of ether oxygens (including phenoxy) is 2. The first-order valence-corrected chi connectivity index (χ1v) is 10.5. The lowest BCUT2D eigenvalue weighted by Crippen LogP contribution is -2.37. The maximum absolute atomic E-state index is 13.5. The Bertz CT molecular complexity index is 964. The first-order chi connectivity index (χ1) is 15.0. The molecule has 7 heteroatoms. The van der Waals surface area contributed by atoms with Crippen molar-refractivity contribution < 1.29 is 19.1 Å². The number of rotatable bonds is 10. The van der Waals surface area contributed by atoms with E-state index in [9.17, 15) is 9.59 Å². The van der Waals surface area contributed by atoms with E-state index in [4.69, 9.17) is 21.1 Å². The van der Waals surface area contributed by atoms with Gasteiger partial charge in [0.05, 0.1) is 25.3 Å². The number of imide groups is 1. The fourth-order valence-electron chi connectivity index (χ4n) is 3.52. The Hall–Kier alpha value is -2.67. The number of halogens is 1. The van der Waals surface area contributed by atoms with Gasteiger partial charge in [0.25, 0.3) is 11.8 Å². The van der Waals surface area contributed by atoms with E-state index < -0.39 is 0 Å². The molecule has 0 saturated heterocycles. The van der Waals surface area contributed by atoms with E-state index in [1.165, 1.54) is 4.90 Å². The molecule has 0 N–H and O–H groups in total. The third-order valence-electron chi connectivity index (χ3n) is 5.22. The molecule has 0 saturated carbocycles. The van der Waals surface area contributed by atoms with E-state index in [2.05, 4.69) is 0 Å². The van der Waals surface area contributed by atoms with Crippen molar-refractivity contribution in [3.8, 4) is 0 Å². The average Bonchev–Trinajstić information content (AvgIpc) is 3.01. The predicted molar refractivity (Wildman–Crippen MR) is 120 cm³/mol. The van der Waals surface area contributed by atoms with Crippen LogP contribution in [0.4, 0.5) is 0 Å². The minimum atomic E-state index is -0.340. The highest BCUT2D eigenvalue weighted by Crippen LogP contribution is 2.33. The van der Waals surface area contributed by atoms with Crippen LogP contribution in [0.5, 0.6) is 0 Å². The van der Waals surface area contributed by atoms with Crippen molar-refractivity contribution in [3.05, 3.63) is 75.9 Å². The summed E-state index contributed by atoms with van der Waals surface area (Å²) >= 11 is 6.30. The zero-order valence-corrected chi connectivity index (χ0v) is 18.8. The van der Waals surface area contributed by atoms with Gasteiger partial charge in [0, 0.05) is 32.3 Å². The number of carbonyl (C=O) groups excluding carboxylic acids is 2. The Labute approximate surface area is 188 Å². The van der Waals surface area contributed by atoms with Gasteiger partial charge in [0.15, 0.2) is 0 Å². The molecule has 0 unspecified atom stereocenters. The SMILES string of the molecule is COCCN(CCOC)C1=C(c2ccc(C)cc2)C(=O)N(Cc2ccccc2Cl)C1=O. The van der Waals surface area contributed by atoms with Crippen molar-refractivity contribution in [1.82, 2.24) is 9.80 Å². The smallest absolute Gasteiger partial charge is 0.278 e. The summed E-state index contributed by atoms with van der Waals surface area (Å²) in [5, 5.41) is 0.518. The summed E-state index contributed by atoms with van der Waals surface area (Å²) in [7, 11) is 3.21. The fraction of sp³-hybridized carbons (Fsp3) is 0.333. The molecule has 3 rings (SSSR count).